The van der Waals surface area contributed by atoms with Crippen LogP contribution in [0.5, 0.6) is 11.5 Å². The van der Waals surface area contributed by atoms with E-state index in [1.807, 2.05) is 6.07 Å². The third-order valence-electron chi connectivity index (χ3n) is 3.73. The minimum absolute atomic E-state index is 0.263. The number of para-hydroxylation sites is 1. The summed E-state index contributed by atoms with van der Waals surface area (Å²) in [5, 5.41) is 5.07. The number of rotatable bonds is 8. The molecule has 0 spiro atoms. The van der Waals surface area contributed by atoms with Crippen LogP contribution in [-0.2, 0) is 14.3 Å². The second-order valence-corrected chi connectivity index (χ2v) is 5.77. The van der Waals surface area contributed by atoms with Crippen molar-refractivity contribution in [2.75, 3.05) is 26.1 Å². The molecule has 2 aromatic carbocycles. The van der Waals surface area contributed by atoms with Gasteiger partial charge < -0.3 is 24.8 Å². The molecule has 8 heteroatoms. The van der Waals surface area contributed by atoms with Gasteiger partial charge in [-0.2, -0.15) is 0 Å². The monoisotopic (exact) mass is 386 g/mol. The van der Waals surface area contributed by atoms with Gasteiger partial charge in [0.05, 0.1) is 14.2 Å². The normalized spacial score (nSPS) is 11.1. The van der Waals surface area contributed by atoms with Gasteiger partial charge in [0.1, 0.15) is 18.0 Å². The third kappa shape index (κ3) is 6.01. The molecule has 8 nitrogen and oxygen atoms in total. The van der Waals surface area contributed by atoms with Crippen molar-refractivity contribution in [2.24, 2.45) is 0 Å². The molecule has 2 aromatic rings. The number of nitrogens with one attached hydrogen (secondary N) is 2. The standard InChI is InChI=1S/C20H22N2O6/c1-13(19(24)22-15-7-5-4-6-8-15)28-18(23)12-21-20(25)14-9-16(26-2)11-17(10-14)27-3/h4-11,13H,12H2,1-3H3,(H,21,25)(H,22,24)/t13-/m1/s1. The van der Waals surface area contributed by atoms with Crippen molar-refractivity contribution in [3.05, 3.63) is 54.1 Å². The summed E-state index contributed by atoms with van der Waals surface area (Å²) in [7, 11) is 2.94. The third-order valence-corrected chi connectivity index (χ3v) is 3.73. The fourth-order valence-corrected chi connectivity index (χ4v) is 2.25. The van der Waals surface area contributed by atoms with Crippen molar-refractivity contribution in [2.45, 2.75) is 13.0 Å². The van der Waals surface area contributed by atoms with E-state index in [-0.39, 0.29) is 12.1 Å². The van der Waals surface area contributed by atoms with Crippen molar-refractivity contribution in [3.63, 3.8) is 0 Å². The van der Waals surface area contributed by atoms with Crippen LogP contribution in [0, 0.1) is 0 Å². The van der Waals surface area contributed by atoms with E-state index < -0.39 is 23.9 Å². The van der Waals surface area contributed by atoms with Gasteiger partial charge >= 0.3 is 5.97 Å². The van der Waals surface area contributed by atoms with Crippen LogP contribution >= 0.6 is 0 Å². The van der Waals surface area contributed by atoms with E-state index in [1.54, 1.807) is 30.3 Å². The minimum atomic E-state index is -1.01. The molecule has 0 aromatic heterocycles. The first-order valence-electron chi connectivity index (χ1n) is 8.49. The Morgan fingerprint density at radius 3 is 2.14 bits per heavy atom. The van der Waals surface area contributed by atoms with Gasteiger partial charge in [-0.3, -0.25) is 14.4 Å². The van der Waals surface area contributed by atoms with Crippen LogP contribution in [0.15, 0.2) is 48.5 Å². The number of methoxy groups -OCH3 is 2. The highest BCUT2D eigenvalue weighted by Crippen LogP contribution is 2.22. The summed E-state index contributed by atoms with van der Waals surface area (Å²) in [5.74, 6) is -0.825. The summed E-state index contributed by atoms with van der Waals surface area (Å²) in [6, 6.07) is 13.4. The summed E-state index contributed by atoms with van der Waals surface area (Å²) in [6.45, 7) is 1.06. The van der Waals surface area contributed by atoms with Crippen LogP contribution < -0.4 is 20.1 Å². The van der Waals surface area contributed by atoms with Gasteiger partial charge in [-0.05, 0) is 31.2 Å². The molecular formula is C20H22N2O6. The van der Waals surface area contributed by atoms with Crippen LogP contribution in [0.1, 0.15) is 17.3 Å². The lowest BCUT2D eigenvalue weighted by molar-refractivity contribution is -0.152. The Kier molecular flexibility index (Phi) is 7.38. The Hall–Kier alpha value is -3.55. The highest BCUT2D eigenvalue weighted by molar-refractivity contribution is 5.97. The number of anilines is 1. The molecule has 1 atom stereocenters. The Morgan fingerprint density at radius 1 is 0.964 bits per heavy atom. The largest absolute Gasteiger partial charge is 0.497 e. The lowest BCUT2D eigenvalue weighted by Gasteiger charge is -2.14. The minimum Gasteiger partial charge on any atom is -0.497 e. The Labute approximate surface area is 162 Å². The molecule has 0 saturated heterocycles. The molecular weight excluding hydrogens is 364 g/mol. The zero-order chi connectivity index (χ0) is 20.5. The molecule has 2 rings (SSSR count). The molecule has 0 heterocycles. The molecule has 0 aliphatic rings. The average molecular weight is 386 g/mol. The number of hydrogen-bond acceptors (Lipinski definition) is 6. The quantitative estimate of drug-likeness (QED) is 0.673. The zero-order valence-corrected chi connectivity index (χ0v) is 15.9. The Bertz CT molecular complexity index is 816. The highest BCUT2D eigenvalue weighted by Gasteiger charge is 2.19. The van der Waals surface area contributed by atoms with Gasteiger partial charge in [0.15, 0.2) is 6.10 Å². The van der Waals surface area contributed by atoms with E-state index in [0.717, 1.165) is 0 Å². The number of carbonyl (C=O) groups is 3. The van der Waals surface area contributed by atoms with Gasteiger partial charge in [-0.1, -0.05) is 18.2 Å². The topological polar surface area (TPSA) is 103 Å². The van der Waals surface area contributed by atoms with Crippen LogP contribution in [0.3, 0.4) is 0 Å². The van der Waals surface area contributed by atoms with E-state index in [2.05, 4.69) is 10.6 Å². The molecule has 2 N–H and O–H groups in total. The lowest BCUT2D eigenvalue weighted by Crippen LogP contribution is -2.35. The summed E-state index contributed by atoms with van der Waals surface area (Å²) in [5.41, 5.74) is 0.856. The summed E-state index contributed by atoms with van der Waals surface area (Å²) >= 11 is 0. The maximum absolute atomic E-state index is 12.2. The molecule has 0 radical (unpaired) electrons. The predicted octanol–water partition coefficient (Wildman–Crippen LogP) is 2.00. The van der Waals surface area contributed by atoms with E-state index >= 15 is 0 Å². The number of ether oxygens (including phenoxy) is 3. The van der Waals surface area contributed by atoms with Crippen molar-refractivity contribution < 1.29 is 28.6 Å². The molecule has 0 aliphatic carbocycles. The van der Waals surface area contributed by atoms with Gasteiger partial charge in [0.2, 0.25) is 0 Å². The molecule has 2 amide bonds. The molecule has 148 valence electrons. The van der Waals surface area contributed by atoms with E-state index in [9.17, 15) is 14.4 Å². The van der Waals surface area contributed by atoms with E-state index in [0.29, 0.717) is 17.2 Å². The molecule has 0 saturated carbocycles. The predicted molar refractivity (Wildman–Crippen MR) is 103 cm³/mol. The first-order valence-corrected chi connectivity index (χ1v) is 8.49. The SMILES string of the molecule is COc1cc(OC)cc(C(=O)NCC(=O)O[C@H](C)C(=O)Nc2ccccc2)c1. The zero-order valence-electron chi connectivity index (χ0n) is 15.9. The van der Waals surface area contributed by atoms with Crippen molar-refractivity contribution >= 4 is 23.5 Å². The lowest BCUT2D eigenvalue weighted by atomic mass is 10.2. The van der Waals surface area contributed by atoms with Gasteiger partial charge in [0.25, 0.3) is 11.8 Å². The van der Waals surface area contributed by atoms with Gasteiger partial charge in [-0.15, -0.1) is 0 Å². The van der Waals surface area contributed by atoms with E-state index in [1.165, 1.54) is 33.3 Å². The van der Waals surface area contributed by atoms with Crippen LogP contribution in [-0.4, -0.2) is 44.7 Å². The Morgan fingerprint density at radius 2 is 1.57 bits per heavy atom. The average Bonchev–Trinajstić information content (AvgIpc) is 2.72. The molecule has 0 aliphatic heterocycles. The molecule has 0 bridgehead atoms. The van der Waals surface area contributed by atoms with E-state index in [4.69, 9.17) is 14.2 Å². The second-order valence-electron chi connectivity index (χ2n) is 5.77. The first-order chi connectivity index (χ1) is 13.4. The summed E-state index contributed by atoms with van der Waals surface area (Å²) < 4.78 is 15.3. The molecule has 0 fully saturated rings. The first kappa shape index (κ1) is 20.8. The maximum Gasteiger partial charge on any atom is 0.326 e. The molecule has 0 unspecified atom stereocenters. The summed E-state index contributed by atoms with van der Waals surface area (Å²) in [4.78, 5) is 36.2. The number of esters is 1. The second kappa shape index (κ2) is 9.96. The van der Waals surface area contributed by atoms with Gasteiger partial charge in [-0.25, -0.2) is 0 Å². The van der Waals surface area contributed by atoms with Crippen LogP contribution in [0.25, 0.3) is 0 Å². The summed E-state index contributed by atoms with van der Waals surface area (Å²) in [6.07, 6.45) is -1.01. The smallest absolute Gasteiger partial charge is 0.326 e. The van der Waals surface area contributed by atoms with Gasteiger partial charge in [0, 0.05) is 17.3 Å². The van der Waals surface area contributed by atoms with Crippen LogP contribution in [0.4, 0.5) is 5.69 Å². The van der Waals surface area contributed by atoms with Crippen LogP contribution in [0.2, 0.25) is 0 Å². The number of carbonyl (C=O) groups excluding carboxylic acids is 3. The van der Waals surface area contributed by atoms with Crippen molar-refractivity contribution in [1.29, 1.82) is 0 Å². The number of amides is 2. The highest BCUT2D eigenvalue weighted by atomic mass is 16.5. The maximum atomic E-state index is 12.2. The molecule has 28 heavy (non-hydrogen) atoms. The fraction of sp³-hybridized carbons (Fsp3) is 0.250. The van der Waals surface area contributed by atoms with Crippen molar-refractivity contribution in [1.82, 2.24) is 5.32 Å². The number of hydrogen-bond donors (Lipinski definition) is 2. The van der Waals surface area contributed by atoms with Crippen molar-refractivity contribution in [3.8, 4) is 11.5 Å². The number of benzene rings is 2. The fourth-order valence-electron chi connectivity index (χ4n) is 2.25. The Balaban J connectivity index is 1.86.